The number of aliphatic hydroxyl groups is 1. The first kappa shape index (κ1) is 13.2. The molecule has 17 heavy (non-hydrogen) atoms. The highest BCUT2D eigenvalue weighted by Crippen LogP contribution is 2.49. The Morgan fingerprint density at radius 3 is 2.82 bits per heavy atom. The number of hydrogen-bond acceptors (Lipinski definition) is 3. The number of nitrogens with two attached hydrogens (primary N) is 1. The summed E-state index contributed by atoms with van der Waals surface area (Å²) in [7, 11) is 0. The Hall–Kier alpha value is -0.190. The summed E-state index contributed by atoms with van der Waals surface area (Å²) in [5.41, 5.74) is 6.09. The van der Waals surface area contributed by atoms with Crippen molar-refractivity contribution in [2.24, 2.45) is 17.1 Å². The van der Waals surface area contributed by atoms with Crippen LogP contribution in [0.25, 0.3) is 0 Å². The van der Waals surface area contributed by atoms with Gasteiger partial charge in [-0.2, -0.15) is 0 Å². The second-order valence-corrected chi connectivity index (χ2v) is 6.42. The molecule has 98 valence electrons. The van der Waals surface area contributed by atoms with Crippen LogP contribution in [-0.4, -0.2) is 41.2 Å². The van der Waals surface area contributed by atoms with Gasteiger partial charge in [0.05, 0.1) is 4.99 Å². The van der Waals surface area contributed by atoms with E-state index in [9.17, 15) is 0 Å². The second kappa shape index (κ2) is 5.63. The maximum atomic E-state index is 9.02. The summed E-state index contributed by atoms with van der Waals surface area (Å²) in [4.78, 5) is 3.24. The van der Waals surface area contributed by atoms with Crippen LogP contribution in [0.2, 0.25) is 0 Å². The SMILES string of the molecule is NC(=S)CC1(CN2CCCC(CCO)C2)CC1. The van der Waals surface area contributed by atoms with E-state index in [2.05, 4.69) is 4.90 Å². The molecule has 2 fully saturated rings. The Morgan fingerprint density at radius 2 is 2.24 bits per heavy atom. The summed E-state index contributed by atoms with van der Waals surface area (Å²) in [6, 6.07) is 0. The van der Waals surface area contributed by atoms with Gasteiger partial charge in [-0.15, -0.1) is 0 Å². The van der Waals surface area contributed by atoms with Crippen molar-refractivity contribution >= 4 is 17.2 Å². The van der Waals surface area contributed by atoms with Gasteiger partial charge in [0.15, 0.2) is 0 Å². The third kappa shape index (κ3) is 3.90. The lowest BCUT2D eigenvalue weighted by atomic mass is 9.93. The molecule has 0 radical (unpaired) electrons. The molecule has 0 bridgehead atoms. The summed E-state index contributed by atoms with van der Waals surface area (Å²) >= 11 is 5.04. The summed E-state index contributed by atoms with van der Waals surface area (Å²) in [5.74, 6) is 0.689. The highest BCUT2D eigenvalue weighted by molar-refractivity contribution is 7.80. The minimum Gasteiger partial charge on any atom is -0.396 e. The van der Waals surface area contributed by atoms with Gasteiger partial charge in [-0.05, 0) is 50.0 Å². The zero-order chi connectivity index (χ0) is 12.3. The molecule has 4 heteroatoms. The topological polar surface area (TPSA) is 49.5 Å². The molecule has 1 aliphatic heterocycles. The molecule has 3 N–H and O–H groups in total. The Kier molecular flexibility index (Phi) is 4.39. The quantitative estimate of drug-likeness (QED) is 0.708. The van der Waals surface area contributed by atoms with Gasteiger partial charge >= 0.3 is 0 Å². The van der Waals surface area contributed by atoms with Crippen molar-refractivity contribution < 1.29 is 5.11 Å². The molecular weight excluding hydrogens is 232 g/mol. The van der Waals surface area contributed by atoms with Crippen LogP contribution in [0.3, 0.4) is 0 Å². The first-order valence-corrected chi connectivity index (χ1v) is 7.16. The van der Waals surface area contributed by atoms with Crippen LogP contribution >= 0.6 is 12.2 Å². The maximum absolute atomic E-state index is 9.02. The van der Waals surface area contributed by atoms with E-state index in [1.807, 2.05) is 0 Å². The third-order valence-electron chi connectivity index (χ3n) is 4.21. The van der Waals surface area contributed by atoms with Crippen LogP contribution in [0.15, 0.2) is 0 Å². The first-order valence-electron chi connectivity index (χ1n) is 6.75. The normalized spacial score (nSPS) is 27.9. The summed E-state index contributed by atoms with van der Waals surface area (Å²) in [6.45, 7) is 3.85. The Morgan fingerprint density at radius 1 is 1.47 bits per heavy atom. The van der Waals surface area contributed by atoms with Crippen molar-refractivity contribution in [2.45, 2.75) is 38.5 Å². The average molecular weight is 256 g/mol. The molecule has 2 aliphatic rings. The van der Waals surface area contributed by atoms with E-state index >= 15 is 0 Å². The van der Waals surface area contributed by atoms with E-state index in [0.29, 0.717) is 22.9 Å². The number of rotatable bonds is 6. The molecule has 1 aliphatic carbocycles. The van der Waals surface area contributed by atoms with Crippen LogP contribution < -0.4 is 5.73 Å². The molecule has 0 aromatic carbocycles. The minimum atomic E-state index is 0.330. The molecule has 1 saturated heterocycles. The Bertz CT molecular complexity index is 277. The van der Waals surface area contributed by atoms with Crippen molar-refractivity contribution in [1.82, 2.24) is 4.90 Å². The van der Waals surface area contributed by atoms with Crippen LogP contribution in [0, 0.1) is 11.3 Å². The Balaban J connectivity index is 1.80. The molecule has 3 nitrogen and oxygen atoms in total. The van der Waals surface area contributed by atoms with Gasteiger partial charge in [0.25, 0.3) is 0 Å². The molecule has 1 saturated carbocycles. The van der Waals surface area contributed by atoms with Crippen molar-refractivity contribution in [2.75, 3.05) is 26.2 Å². The summed E-state index contributed by atoms with van der Waals surface area (Å²) < 4.78 is 0. The number of hydrogen-bond donors (Lipinski definition) is 2. The number of aliphatic hydroxyl groups excluding tert-OH is 1. The van der Waals surface area contributed by atoms with E-state index < -0.39 is 0 Å². The number of nitrogens with zero attached hydrogens (tertiary/aromatic N) is 1. The maximum Gasteiger partial charge on any atom is 0.0733 e. The number of likely N-dealkylation sites (tertiary alicyclic amines) is 1. The number of piperidine rings is 1. The minimum absolute atomic E-state index is 0.330. The molecule has 0 spiro atoms. The fourth-order valence-corrected chi connectivity index (χ4v) is 3.43. The first-order chi connectivity index (χ1) is 8.13. The predicted octanol–water partition coefficient (Wildman–Crippen LogP) is 1.54. The molecule has 1 atom stereocenters. The fraction of sp³-hybridized carbons (Fsp3) is 0.923. The monoisotopic (exact) mass is 256 g/mol. The lowest BCUT2D eigenvalue weighted by Gasteiger charge is -2.35. The zero-order valence-electron chi connectivity index (χ0n) is 10.5. The van der Waals surface area contributed by atoms with Crippen molar-refractivity contribution in [3.05, 3.63) is 0 Å². The van der Waals surface area contributed by atoms with Crippen LogP contribution in [-0.2, 0) is 0 Å². The molecule has 2 rings (SSSR count). The van der Waals surface area contributed by atoms with E-state index in [1.165, 1.54) is 32.2 Å². The molecule has 0 aromatic heterocycles. The Labute approximate surface area is 109 Å². The van der Waals surface area contributed by atoms with Gasteiger partial charge in [0.1, 0.15) is 0 Å². The van der Waals surface area contributed by atoms with Crippen molar-refractivity contribution in [3.63, 3.8) is 0 Å². The van der Waals surface area contributed by atoms with E-state index in [4.69, 9.17) is 23.1 Å². The predicted molar refractivity (Wildman–Crippen MR) is 73.9 cm³/mol. The smallest absolute Gasteiger partial charge is 0.0733 e. The molecule has 0 aromatic rings. The summed E-state index contributed by atoms with van der Waals surface area (Å²) in [6.07, 6.45) is 6.99. The van der Waals surface area contributed by atoms with Gasteiger partial charge in [-0.3, -0.25) is 0 Å². The second-order valence-electron chi connectivity index (χ2n) is 5.90. The highest BCUT2D eigenvalue weighted by Gasteiger charge is 2.44. The van der Waals surface area contributed by atoms with Crippen molar-refractivity contribution in [1.29, 1.82) is 0 Å². The molecule has 1 unspecified atom stereocenters. The van der Waals surface area contributed by atoms with Gasteiger partial charge in [0, 0.05) is 26.1 Å². The van der Waals surface area contributed by atoms with Gasteiger partial charge in [-0.25, -0.2) is 0 Å². The molecule has 0 amide bonds. The van der Waals surface area contributed by atoms with Crippen molar-refractivity contribution in [3.8, 4) is 0 Å². The van der Waals surface area contributed by atoms with Crippen LogP contribution in [0.4, 0.5) is 0 Å². The largest absolute Gasteiger partial charge is 0.396 e. The lowest BCUT2D eigenvalue weighted by Crippen LogP contribution is -2.40. The van der Waals surface area contributed by atoms with Crippen LogP contribution in [0.5, 0.6) is 0 Å². The molecular formula is C13H24N2OS. The van der Waals surface area contributed by atoms with Gasteiger partial charge in [-0.1, -0.05) is 12.2 Å². The standard InChI is InChI=1S/C13H24N2OS/c14-12(17)8-13(4-5-13)10-15-6-1-2-11(9-15)3-7-16/h11,16H,1-10H2,(H2,14,17). The highest BCUT2D eigenvalue weighted by atomic mass is 32.1. The van der Waals surface area contributed by atoms with Crippen LogP contribution in [0.1, 0.15) is 38.5 Å². The van der Waals surface area contributed by atoms with Gasteiger partial charge < -0.3 is 15.7 Å². The lowest BCUT2D eigenvalue weighted by molar-refractivity contribution is 0.127. The van der Waals surface area contributed by atoms with Gasteiger partial charge in [0.2, 0.25) is 0 Å². The summed E-state index contributed by atoms with van der Waals surface area (Å²) in [5, 5.41) is 9.02. The zero-order valence-corrected chi connectivity index (χ0v) is 11.3. The third-order valence-corrected chi connectivity index (χ3v) is 4.35. The fourth-order valence-electron chi connectivity index (χ4n) is 3.12. The van der Waals surface area contributed by atoms with E-state index in [-0.39, 0.29) is 0 Å². The molecule has 1 heterocycles. The number of thiocarbonyl (C=S) groups is 1. The van der Waals surface area contributed by atoms with E-state index in [0.717, 1.165) is 25.9 Å². The average Bonchev–Trinajstić information content (AvgIpc) is 2.97. The van der Waals surface area contributed by atoms with E-state index in [1.54, 1.807) is 0 Å².